The molecule has 0 amide bonds. The molecule has 0 spiro atoms. The molecule has 38 heavy (non-hydrogen) atoms. The maximum Gasteiger partial charge on any atom is 0.335 e. The third kappa shape index (κ3) is 4.29. The van der Waals surface area contributed by atoms with E-state index in [1.807, 2.05) is 0 Å². The van der Waals surface area contributed by atoms with Gasteiger partial charge in [0.2, 0.25) is 5.88 Å². The summed E-state index contributed by atoms with van der Waals surface area (Å²) in [5.74, 6) is 0.397. The molecule has 2 aliphatic rings. The fourth-order valence-electron chi connectivity index (χ4n) is 5.59. The van der Waals surface area contributed by atoms with Gasteiger partial charge in [-0.15, -0.1) is 0 Å². The number of anilines is 1. The zero-order valence-electron chi connectivity index (χ0n) is 23.2. The molecule has 2 aromatic heterocycles. The number of fused-ring (bicyclic) bond motifs is 2. The molecular formula is C24H36N8O4Si2. The average Bonchev–Trinajstić information content (AvgIpc) is 3.37. The van der Waals surface area contributed by atoms with Crippen LogP contribution in [0.15, 0.2) is 23.3 Å². The van der Waals surface area contributed by atoms with Crippen molar-refractivity contribution in [3.05, 3.63) is 34.2 Å². The number of nitrogens with zero attached hydrogens (tertiary/aromatic N) is 7. The molecule has 0 unspecified atom stereocenters. The van der Waals surface area contributed by atoms with Gasteiger partial charge in [0, 0.05) is 11.1 Å². The summed E-state index contributed by atoms with van der Waals surface area (Å²) in [6, 6.07) is 2.14. The third-order valence-corrected chi connectivity index (χ3v) is 17.7. The first-order chi connectivity index (χ1) is 17.9. The van der Waals surface area contributed by atoms with Crippen molar-refractivity contribution >= 4 is 39.9 Å². The predicted octanol–water partition coefficient (Wildman–Crippen LogP) is 5.68. The van der Waals surface area contributed by atoms with E-state index in [9.17, 15) is 10.8 Å². The van der Waals surface area contributed by atoms with Crippen LogP contribution in [0.2, 0.25) is 22.2 Å². The number of ether oxygens (including phenoxy) is 1. The zero-order valence-corrected chi connectivity index (χ0v) is 25.2. The lowest BCUT2D eigenvalue weighted by Crippen LogP contribution is -2.65. The lowest BCUT2D eigenvalue weighted by Gasteiger charge is -2.51. The van der Waals surface area contributed by atoms with Gasteiger partial charge in [-0.2, -0.15) is 5.26 Å². The Morgan fingerprint density at radius 3 is 2.29 bits per heavy atom. The Labute approximate surface area is 224 Å². The van der Waals surface area contributed by atoms with Crippen LogP contribution in [0, 0.1) is 11.3 Å². The van der Waals surface area contributed by atoms with E-state index >= 15 is 0 Å². The standard InChI is InChI=1S/C24H36N8O4Si2/c1-13(2)37(14(3)4)33-11-18-21(35-38(36-37,15(5)6)16(7)8)20(30-31-27)24(34-18)32-10-17(9-25)19-22(26)28-12-29-23(19)32/h10,12-16,18,21H,11H2,1-8H3,(H2,26,28,29)/t18-,21-/m1/s1. The molecule has 4 rings (SSSR count). The maximum absolute atomic E-state index is 9.75. The Balaban J connectivity index is 1.94. The summed E-state index contributed by atoms with van der Waals surface area (Å²) in [6.07, 6.45) is 1.55. The Morgan fingerprint density at radius 2 is 1.74 bits per heavy atom. The first-order valence-corrected chi connectivity index (χ1v) is 16.9. The van der Waals surface area contributed by atoms with Gasteiger partial charge in [-0.1, -0.05) is 60.5 Å². The van der Waals surface area contributed by atoms with E-state index in [-0.39, 0.29) is 51.7 Å². The first-order valence-electron chi connectivity index (χ1n) is 12.9. The second-order valence-corrected chi connectivity index (χ2v) is 19.9. The number of nitriles is 1. The Kier molecular flexibility index (Phi) is 7.63. The van der Waals surface area contributed by atoms with Crippen LogP contribution in [-0.4, -0.2) is 50.5 Å². The summed E-state index contributed by atoms with van der Waals surface area (Å²) in [4.78, 5) is 11.5. The molecule has 1 fully saturated rings. The minimum Gasteiger partial charge on any atom is -0.470 e. The first kappa shape index (κ1) is 28.1. The van der Waals surface area contributed by atoms with E-state index in [1.165, 1.54) is 6.33 Å². The van der Waals surface area contributed by atoms with Gasteiger partial charge in [-0.05, 0) is 27.7 Å². The lowest BCUT2D eigenvalue weighted by molar-refractivity contribution is -0.00622. The Hall–Kier alpha value is -2.93. The third-order valence-electron chi connectivity index (χ3n) is 7.52. The average molecular weight is 557 g/mol. The van der Waals surface area contributed by atoms with Crippen LogP contribution in [0.3, 0.4) is 0 Å². The van der Waals surface area contributed by atoms with Gasteiger partial charge in [-0.3, -0.25) is 4.57 Å². The Bertz CT molecular complexity index is 1330. The minimum atomic E-state index is -3.00. The number of hydrogen-bond donors (Lipinski definition) is 1. The summed E-state index contributed by atoms with van der Waals surface area (Å²) in [6.45, 7) is 17.3. The van der Waals surface area contributed by atoms with E-state index in [0.29, 0.717) is 11.0 Å². The van der Waals surface area contributed by atoms with E-state index in [2.05, 4.69) is 81.5 Å². The van der Waals surface area contributed by atoms with Crippen LogP contribution >= 0.6 is 0 Å². The molecule has 12 nitrogen and oxygen atoms in total. The largest absolute Gasteiger partial charge is 0.470 e. The van der Waals surface area contributed by atoms with Gasteiger partial charge in [-0.25, -0.2) is 9.97 Å². The summed E-state index contributed by atoms with van der Waals surface area (Å²) in [7, 11) is -5.79. The van der Waals surface area contributed by atoms with Gasteiger partial charge in [0.05, 0.1) is 17.6 Å². The number of azide groups is 1. The van der Waals surface area contributed by atoms with E-state index < -0.39 is 29.3 Å². The van der Waals surface area contributed by atoms with Crippen LogP contribution < -0.4 is 5.73 Å². The molecule has 0 aliphatic carbocycles. The monoisotopic (exact) mass is 556 g/mol. The molecule has 2 N–H and O–H groups in total. The smallest absolute Gasteiger partial charge is 0.335 e. The van der Waals surface area contributed by atoms with Crippen molar-refractivity contribution in [1.82, 2.24) is 14.5 Å². The van der Waals surface area contributed by atoms with Gasteiger partial charge in [0.1, 0.15) is 30.0 Å². The molecule has 0 aromatic carbocycles. The van der Waals surface area contributed by atoms with Crippen LogP contribution in [0.5, 0.6) is 0 Å². The van der Waals surface area contributed by atoms with Crippen LogP contribution in [-0.2, 0) is 17.7 Å². The fourth-order valence-corrected chi connectivity index (χ4v) is 16.7. The maximum atomic E-state index is 9.75. The molecular weight excluding hydrogens is 520 g/mol. The number of hydrogen-bond acceptors (Lipinski definition) is 9. The molecule has 0 saturated carbocycles. The SMILES string of the molecule is CC(C)[Si]1(C(C)C)OC[C@H]2OC(n3cc(C#N)c4c(N)ncnc43)=C(N=[N+]=[N-])[C@@H]2O[Si](C(C)C)(C(C)C)O1. The van der Waals surface area contributed by atoms with Crippen molar-refractivity contribution in [2.75, 3.05) is 12.3 Å². The summed E-state index contributed by atoms with van der Waals surface area (Å²) >= 11 is 0. The van der Waals surface area contributed by atoms with Crippen LogP contribution in [0.1, 0.15) is 61.0 Å². The second kappa shape index (κ2) is 10.3. The lowest BCUT2D eigenvalue weighted by atomic mass is 10.2. The van der Waals surface area contributed by atoms with Crippen molar-refractivity contribution in [1.29, 1.82) is 5.26 Å². The van der Waals surface area contributed by atoms with Crippen molar-refractivity contribution in [3.63, 3.8) is 0 Å². The molecule has 4 heterocycles. The summed E-state index contributed by atoms with van der Waals surface area (Å²) in [5, 5.41) is 14.2. The predicted molar refractivity (Wildman–Crippen MR) is 148 cm³/mol. The van der Waals surface area contributed by atoms with E-state index in [0.717, 1.165) is 0 Å². The highest BCUT2D eigenvalue weighted by Crippen LogP contribution is 2.49. The molecule has 204 valence electrons. The highest BCUT2D eigenvalue weighted by atomic mass is 28.5. The second-order valence-electron chi connectivity index (χ2n) is 11.0. The molecule has 2 aliphatic heterocycles. The number of nitrogens with two attached hydrogens (primary N) is 1. The minimum absolute atomic E-state index is 0.0794. The molecule has 2 atom stereocenters. The molecule has 2 aromatic rings. The normalized spacial score (nSPS) is 22.8. The molecule has 0 bridgehead atoms. The number of aromatic nitrogens is 3. The number of rotatable bonds is 6. The Morgan fingerprint density at radius 1 is 1.11 bits per heavy atom. The van der Waals surface area contributed by atoms with Gasteiger partial charge >= 0.3 is 17.1 Å². The van der Waals surface area contributed by atoms with Gasteiger partial charge < -0.3 is 23.4 Å². The quantitative estimate of drug-likeness (QED) is 0.205. The van der Waals surface area contributed by atoms with E-state index in [4.69, 9.17) is 23.4 Å². The van der Waals surface area contributed by atoms with Crippen LogP contribution in [0.4, 0.5) is 5.82 Å². The summed E-state index contributed by atoms with van der Waals surface area (Å²) < 4.78 is 29.1. The van der Waals surface area contributed by atoms with Crippen LogP contribution in [0.25, 0.3) is 27.4 Å². The summed E-state index contributed by atoms with van der Waals surface area (Å²) in [5.41, 5.74) is 17.0. The van der Waals surface area contributed by atoms with Crippen molar-refractivity contribution in [3.8, 4) is 6.07 Å². The van der Waals surface area contributed by atoms with Gasteiger partial charge in [0.25, 0.3) is 0 Å². The molecule has 0 radical (unpaired) electrons. The van der Waals surface area contributed by atoms with Crippen molar-refractivity contribution < 1.29 is 17.7 Å². The topological polar surface area (TPSA) is 166 Å². The van der Waals surface area contributed by atoms with Crippen molar-refractivity contribution in [2.24, 2.45) is 5.11 Å². The fraction of sp³-hybridized carbons (Fsp3) is 0.625. The highest BCUT2D eigenvalue weighted by Gasteiger charge is 2.60. The zero-order chi connectivity index (χ0) is 28.0. The molecule has 14 heteroatoms. The number of nitrogen functional groups attached to an aromatic ring is 1. The van der Waals surface area contributed by atoms with Crippen molar-refractivity contribution in [2.45, 2.75) is 89.8 Å². The highest BCUT2D eigenvalue weighted by molar-refractivity contribution is 6.84. The molecule has 1 saturated heterocycles. The van der Waals surface area contributed by atoms with Gasteiger partial charge in [0.15, 0.2) is 11.8 Å². The van der Waals surface area contributed by atoms with E-state index in [1.54, 1.807) is 10.8 Å².